The Hall–Kier alpha value is -0.860. The van der Waals surface area contributed by atoms with Gasteiger partial charge in [-0.25, -0.2) is 0 Å². The molecule has 0 amide bonds. The molecule has 2 nitrogen and oxygen atoms in total. The number of likely N-dealkylation sites (N-methyl/N-ethyl adjacent to an activating group) is 1. The Balaban J connectivity index is 2.00. The standard InChI is InChI=1S/C15H23NO/c1-11-7-9-13(10-8-11)15(16-3)12(2)17-14-5-4-6-14/h7-10,12,14-16H,4-6H2,1-3H3. The van der Waals surface area contributed by atoms with Crippen LogP contribution in [0.4, 0.5) is 0 Å². The maximum absolute atomic E-state index is 6.06. The molecule has 1 fully saturated rings. The molecule has 2 heteroatoms. The second-order valence-corrected chi connectivity index (χ2v) is 5.07. The summed E-state index contributed by atoms with van der Waals surface area (Å²) >= 11 is 0. The molecule has 0 heterocycles. The predicted molar refractivity (Wildman–Crippen MR) is 71.2 cm³/mol. The van der Waals surface area contributed by atoms with Crippen LogP contribution >= 0.6 is 0 Å². The average molecular weight is 233 g/mol. The first-order valence-corrected chi connectivity index (χ1v) is 6.60. The second-order valence-electron chi connectivity index (χ2n) is 5.07. The van der Waals surface area contributed by atoms with Gasteiger partial charge in [0.05, 0.1) is 18.2 Å². The van der Waals surface area contributed by atoms with Crippen molar-refractivity contribution in [2.45, 2.75) is 51.4 Å². The lowest BCUT2D eigenvalue weighted by Gasteiger charge is -2.33. The molecule has 1 aromatic carbocycles. The number of aryl methyl sites for hydroxylation is 1. The zero-order valence-corrected chi connectivity index (χ0v) is 11.1. The van der Waals surface area contributed by atoms with Gasteiger partial charge in [-0.3, -0.25) is 0 Å². The van der Waals surface area contributed by atoms with Gasteiger partial charge in [-0.1, -0.05) is 29.8 Å². The maximum atomic E-state index is 6.06. The predicted octanol–water partition coefficient (Wildman–Crippen LogP) is 3.21. The van der Waals surface area contributed by atoms with Gasteiger partial charge >= 0.3 is 0 Å². The van der Waals surface area contributed by atoms with Crippen molar-refractivity contribution in [1.82, 2.24) is 5.32 Å². The van der Waals surface area contributed by atoms with Crippen LogP contribution in [0.2, 0.25) is 0 Å². The van der Waals surface area contributed by atoms with Gasteiger partial charge in [0, 0.05) is 0 Å². The van der Waals surface area contributed by atoms with Crippen LogP contribution in [0.25, 0.3) is 0 Å². The summed E-state index contributed by atoms with van der Waals surface area (Å²) in [4.78, 5) is 0. The lowest BCUT2D eigenvalue weighted by atomic mass is 9.95. The zero-order chi connectivity index (χ0) is 12.3. The fourth-order valence-corrected chi connectivity index (χ4v) is 2.34. The van der Waals surface area contributed by atoms with E-state index in [2.05, 4.69) is 43.4 Å². The third kappa shape index (κ3) is 3.08. The largest absolute Gasteiger partial charge is 0.373 e. The molecule has 2 atom stereocenters. The Kier molecular flexibility index (Phi) is 4.19. The van der Waals surface area contributed by atoms with E-state index in [9.17, 15) is 0 Å². The van der Waals surface area contributed by atoms with E-state index < -0.39 is 0 Å². The van der Waals surface area contributed by atoms with Gasteiger partial charge < -0.3 is 10.1 Å². The topological polar surface area (TPSA) is 21.3 Å². The van der Waals surface area contributed by atoms with E-state index in [1.54, 1.807) is 0 Å². The van der Waals surface area contributed by atoms with E-state index in [1.807, 2.05) is 7.05 Å². The summed E-state index contributed by atoms with van der Waals surface area (Å²) in [6.07, 6.45) is 4.51. The fraction of sp³-hybridized carbons (Fsp3) is 0.600. The molecule has 1 aliphatic rings. The molecule has 1 saturated carbocycles. The molecule has 0 spiro atoms. The van der Waals surface area contributed by atoms with Crippen LogP contribution in [0.3, 0.4) is 0 Å². The number of hydrogen-bond donors (Lipinski definition) is 1. The minimum atomic E-state index is 0.230. The highest BCUT2D eigenvalue weighted by Crippen LogP contribution is 2.27. The van der Waals surface area contributed by atoms with Crippen molar-refractivity contribution in [3.8, 4) is 0 Å². The fourth-order valence-electron chi connectivity index (χ4n) is 2.34. The highest BCUT2D eigenvalue weighted by molar-refractivity contribution is 5.24. The molecule has 17 heavy (non-hydrogen) atoms. The molecule has 0 aromatic heterocycles. The first kappa shape index (κ1) is 12.6. The SMILES string of the molecule is CNC(c1ccc(C)cc1)C(C)OC1CCC1. The van der Waals surface area contributed by atoms with E-state index in [-0.39, 0.29) is 12.1 Å². The molecule has 2 rings (SSSR count). The summed E-state index contributed by atoms with van der Waals surface area (Å²) in [6.45, 7) is 4.28. The molecule has 0 saturated heterocycles. The quantitative estimate of drug-likeness (QED) is 0.843. The molecule has 1 aliphatic carbocycles. The third-order valence-corrected chi connectivity index (χ3v) is 3.68. The molecule has 0 bridgehead atoms. The monoisotopic (exact) mass is 233 g/mol. The van der Waals surface area contributed by atoms with Crippen LogP contribution in [0.15, 0.2) is 24.3 Å². The van der Waals surface area contributed by atoms with Crippen molar-refractivity contribution in [1.29, 1.82) is 0 Å². The first-order valence-electron chi connectivity index (χ1n) is 6.60. The summed E-state index contributed by atoms with van der Waals surface area (Å²) < 4.78 is 6.06. The van der Waals surface area contributed by atoms with E-state index in [1.165, 1.54) is 30.4 Å². The summed E-state index contributed by atoms with van der Waals surface area (Å²) in [6, 6.07) is 9.00. The van der Waals surface area contributed by atoms with Gasteiger partial charge in [0.2, 0.25) is 0 Å². The van der Waals surface area contributed by atoms with E-state index in [0.717, 1.165) is 0 Å². The zero-order valence-electron chi connectivity index (χ0n) is 11.1. The van der Waals surface area contributed by atoms with Crippen LogP contribution in [-0.2, 0) is 4.74 Å². The van der Waals surface area contributed by atoms with Gasteiger partial charge in [-0.2, -0.15) is 0 Å². The molecule has 0 radical (unpaired) electrons. The van der Waals surface area contributed by atoms with Crippen molar-refractivity contribution in [2.24, 2.45) is 0 Å². The number of benzene rings is 1. The van der Waals surface area contributed by atoms with Crippen LogP contribution in [0.1, 0.15) is 43.4 Å². The number of nitrogens with one attached hydrogen (secondary N) is 1. The molecule has 1 N–H and O–H groups in total. The number of hydrogen-bond acceptors (Lipinski definition) is 2. The van der Waals surface area contributed by atoms with Gasteiger partial charge in [0.1, 0.15) is 0 Å². The Morgan fingerprint density at radius 1 is 1.24 bits per heavy atom. The summed E-state index contributed by atoms with van der Waals surface area (Å²) in [5.74, 6) is 0. The van der Waals surface area contributed by atoms with Crippen molar-refractivity contribution < 1.29 is 4.74 Å². The van der Waals surface area contributed by atoms with Crippen LogP contribution in [0, 0.1) is 6.92 Å². The van der Waals surface area contributed by atoms with Gasteiger partial charge in [0.15, 0.2) is 0 Å². The van der Waals surface area contributed by atoms with E-state index >= 15 is 0 Å². The highest BCUT2D eigenvalue weighted by Gasteiger charge is 2.25. The minimum absolute atomic E-state index is 0.230. The average Bonchev–Trinajstić information content (AvgIpc) is 2.27. The smallest absolute Gasteiger partial charge is 0.0745 e. The lowest BCUT2D eigenvalue weighted by molar-refractivity contribution is -0.0573. The van der Waals surface area contributed by atoms with Crippen LogP contribution in [-0.4, -0.2) is 19.3 Å². The highest BCUT2D eigenvalue weighted by atomic mass is 16.5. The van der Waals surface area contributed by atoms with Crippen molar-refractivity contribution in [3.05, 3.63) is 35.4 Å². The summed E-state index contributed by atoms with van der Waals surface area (Å²) in [5.41, 5.74) is 2.61. The molecule has 0 aliphatic heterocycles. The summed E-state index contributed by atoms with van der Waals surface area (Å²) in [5, 5.41) is 3.37. The second kappa shape index (κ2) is 5.65. The number of ether oxygens (including phenoxy) is 1. The minimum Gasteiger partial charge on any atom is -0.373 e. The normalized spacial score (nSPS) is 19.7. The van der Waals surface area contributed by atoms with Crippen molar-refractivity contribution >= 4 is 0 Å². The van der Waals surface area contributed by atoms with Crippen LogP contribution in [0.5, 0.6) is 0 Å². The Bertz CT molecular complexity index is 342. The Labute approximate surface area is 104 Å². The van der Waals surface area contributed by atoms with Crippen LogP contribution < -0.4 is 5.32 Å². The summed E-state index contributed by atoms with van der Waals surface area (Å²) in [7, 11) is 2.01. The lowest BCUT2D eigenvalue weighted by Crippen LogP contribution is -2.35. The maximum Gasteiger partial charge on any atom is 0.0745 e. The van der Waals surface area contributed by atoms with Gasteiger partial charge in [0.25, 0.3) is 0 Å². The molecular weight excluding hydrogens is 210 g/mol. The molecule has 94 valence electrons. The first-order chi connectivity index (χ1) is 8.20. The molecule has 1 aromatic rings. The Morgan fingerprint density at radius 3 is 2.35 bits per heavy atom. The van der Waals surface area contributed by atoms with Gasteiger partial charge in [-0.05, 0) is 45.7 Å². The van der Waals surface area contributed by atoms with E-state index in [0.29, 0.717) is 6.10 Å². The van der Waals surface area contributed by atoms with Crippen molar-refractivity contribution in [2.75, 3.05) is 7.05 Å². The molecular formula is C15H23NO. The van der Waals surface area contributed by atoms with Crippen molar-refractivity contribution in [3.63, 3.8) is 0 Å². The number of rotatable bonds is 5. The molecule has 2 unspecified atom stereocenters. The van der Waals surface area contributed by atoms with E-state index in [4.69, 9.17) is 4.74 Å². The van der Waals surface area contributed by atoms with Gasteiger partial charge in [-0.15, -0.1) is 0 Å². The third-order valence-electron chi connectivity index (χ3n) is 3.68. The Morgan fingerprint density at radius 2 is 1.88 bits per heavy atom.